The van der Waals surface area contributed by atoms with Gasteiger partial charge in [0.25, 0.3) is 11.8 Å². The molecule has 1 aliphatic rings. The topological polar surface area (TPSA) is 91.3 Å². The van der Waals surface area contributed by atoms with Crippen LogP contribution in [-0.4, -0.2) is 63.4 Å². The van der Waals surface area contributed by atoms with Crippen LogP contribution in [0.1, 0.15) is 41.7 Å². The van der Waals surface area contributed by atoms with Crippen molar-refractivity contribution in [2.75, 3.05) is 31.1 Å². The van der Waals surface area contributed by atoms with Crippen molar-refractivity contribution in [2.24, 2.45) is 0 Å². The first-order chi connectivity index (χ1) is 12.8. The van der Waals surface area contributed by atoms with Crippen molar-refractivity contribution in [3.8, 4) is 0 Å². The lowest BCUT2D eigenvalue weighted by Crippen LogP contribution is -2.49. The third-order valence-electron chi connectivity index (χ3n) is 4.09. The van der Waals surface area contributed by atoms with E-state index in [1.807, 2.05) is 25.7 Å². The minimum atomic E-state index is -0.366. The maximum atomic E-state index is 12.8. The van der Waals surface area contributed by atoms with Gasteiger partial charge in [0, 0.05) is 44.1 Å². The summed E-state index contributed by atoms with van der Waals surface area (Å²) in [6.07, 6.45) is 3.41. The van der Waals surface area contributed by atoms with Gasteiger partial charge in [0.05, 0.1) is 0 Å². The number of anilines is 1. The Balaban J connectivity index is 1.65. The van der Waals surface area contributed by atoms with Gasteiger partial charge in [0.1, 0.15) is 11.4 Å². The maximum Gasteiger partial charge on any atom is 0.272 e. The first kappa shape index (κ1) is 18.8. The van der Waals surface area contributed by atoms with Gasteiger partial charge in [-0.05, 0) is 39.0 Å². The third-order valence-corrected chi connectivity index (χ3v) is 4.09. The molecule has 0 spiro atoms. The SMILES string of the molecule is CC(C)(C)NC(=O)c1cccc(C(=O)N2CCN(c3ncccn3)CC2)n1. The van der Waals surface area contributed by atoms with Gasteiger partial charge in [0.15, 0.2) is 0 Å². The summed E-state index contributed by atoms with van der Waals surface area (Å²) in [7, 11) is 0. The molecule has 1 N–H and O–H groups in total. The molecule has 2 aromatic heterocycles. The Morgan fingerprint density at radius 2 is 1.59 bits per heavy atom. The molecule has 0 aliphatic carbocycles. The summed E-state index contributed by atoms with van der Waals surface area (Å²) in [5.74, 6) is 0.209. The lowest BCUT2D eigenvalue weighted by Gasteiger charge is -2.34. The summed E-state index contributed by atoms with van der Waals surface area (Å²) < 4.78 is 0. The Morgan fingerprint density at radius 1 is 0.963 bits per heavy atom. The van der Waals surface area contributed by atoms with E-state index in [-0.39, 0.29) is 28.7 Å². The van der Waals surface area contributed by atoms with Crippen LogP contribution in [0.2, 0.25) is 0 Å². The maximum absolute atomic E-state index is 12.8. The van der Waals surface area contributed by atoms with Gasteiger partial charge in [-0.1, -0.05) is 6.07 Å². The van der Waals surface area contributed by atoms with Gasteiger partial charge < -0.3 is 15.1 Å². The fraction of sp³-hybridized carbons (Fsp3) is 0.421. The Bertz CT molecular complexity index is 810. The van der Waals surface area contributed by atoms with Crippen molar-refractivity contribution >= 4 is 17.8 Å². The molecule has 0 unspecified atom stereocenters. The summed E-state index contributed by atoms with van der Waals surface area (Å²) in [4.78, 5) is 41.6. The second-order valence-electron chi connectivity index (χ2n) is 7.44. The highest BCUT2D eigenvalue weighted by atomic mass is 16.2. The second-order valence-corrected chi connectivity index (χ2v) is 7.44. The van der Waals surface area contributed by atoms with Gasteiger partial charge in [-0.2, -0.15) is 0 Å². The molecule has 8 nitrogen and oxygen atoms in total. The highest BCUT2D eigenvalue weighted by molar-refractivity contribution is 5.96. The zero-order chi connectivity index (χ0) is 19.4. The fourth-order valence-electron chi connectivity index (χ4n) is 2.81. The quantitative estimate of drug-likeness (QED) is 0.880. The van der Waals surface area contributed by atoms with E-state index < -0.39 is 0 Å². The number of aromatic nitrogens is 3. The van der Waals surface area contributed by atoms with E-state index in [0.717, 1.165) is 0 Å². The molecule has 2 amide bonds. The normalized spacial score (nSPS) is 14.8. The average molecular weight is 368 g/mol. The van der Waals surface area contributed by atoms with Crippen LogP contribution in [0.3, 0.4) is 0 Å². The summed E-state index contributed by atoms with van der Waals surface area (Å²) >= 11 is 0. The second kappa shape index (κ2) is 7.69. The number of carbonyl (C=O) groups is 2. The Kier molecular flexibility index (Phi) is 5.34. The first-order valence-electron chi connectivity index (χ1n) is 8.94. The van der Waals surface area contributed by atoms with Gasteiger partial charge in [-0.25, -0.2) is 15.0 Å². The Hall–Kier alpha value is -3.03. The molecule has 0 aromatic carbocycles. The van der Waals surface area contributed by atoms with Crippen LogP contribution in [0.4, 0.5) is 5.95 Å². The molecule has 8 heteroatoms. The average Bonchev–Trinajstić information content (AvgIpc) is 2.67. The number of pyridine rings is 1. The van der Waals surface area contributed by atoms with E-state index in [2.05, 4.69) is 20.3 Å². The Morgan fingerprint density at radius 3 is 2.22 bits per heavy atom. The van der Waals surface area contributed by atoms with E-state index in [9.17, 15) is 9.59 Å². The number of nitrogens with one attached hydrogen (secondary N) is 1. The summed E-state index contributed by atoms with van der Waals surface area (Å²) in [6, 6.07) is 6.72. The highest BCUT2D eigenvalue weighted by Gasteiger charge is 2.25. The van der Waals surface area contributed by atoms with Crippen LogP contribution < -0.4 is 10.2 Å². The van der Waals surface area contributed by atoms with Crippen molar-refractivity contribution in [1.82, 2.24) is 25.2 Å². The van der Waals surface area contributed by atoms with Gasteiger partial charge in [-0.3, -0.25) is 9.59 Å². The van der Waals surface area contributed by atoms with Crippen LogP contribution in [0.15, 0.2) is 36.7 Å². The molecule has 0 atom stereocenters. The molecule has 1 saturated heterocycles. The summed E-state index contributed by atoms with van der Waals surface area (Å²) in [6.45, 7) is 8.11. The van der Waals surface area contributed by atoms with Crippen LogP contribution >= 0.6 is 0 Å². The third kappa shape index (κ3) is 4.78. The smallest absolute Gasteiger partial charge is 0.272 e. The molecule has 0 saturated carbocycles. The molecule has 3 heterocycles. The van der Waals surface area contributed by atoms with E-state index in [1.165, 1.54) is 0 Å². The molecule has 3 rings (SSSR count). The van der Waals surface area contributed by atoms with Crippen LogP contribution in [0, 0.1) is 0 Å². The van der Waals surface area contributed by atoms with Gasteiger partial charge in [-0.15, -0.1) is 0 Å². The van der Waals surface area contributed by atoms with Gasteiger partial charge in [0.2, 0.25) is 5.95 Å². The van der Waals surface area contributed by atoms with E-state index in [0.29, 0.717) is 32.1 Å². The number of piperazine rings is 1. The molecule has 2 aromatic rings. The zero-order valence-electron chi connectivity index (χ0n) is 15.8. The van der Waals surface area contributed by atoms with Crippen LogP contribution in [0.25, 0.3) is 0 Å². The zero-order valence-corrected chi connectivity index (χ0v) is 15.8. The van der Waals surface area contributed by atoms with E-state index >= 15 is 0 Å². The number of nitrogens with zero attached hydrogens (tertiary/aromatic N) is 5. The highest BCUT2D eigenvalue weighted by Crippen LogP contribution is 2.12. The van der Waals surface area contributed by atoms with Crippen molar-refractivity contribution < 1.29 is 9.59 Å². The number of rotatable bonds is 3. The molecule has 27 heavy (non-hydrogen) atoms. The predicted molar refractivity (Wildman–Crippen MR) is 102 cm³/mol. The van der Waals surface area contributed by atoms with Gasteiger partial charge >= 0.3 is 0 Å². The first-order valence-corrected chi connectivity index (χ1v) is 8.94. The number of carbonyl (C=O) groups excluding carboxylic acids is 2. The minimum Gasteiger partial charge on any atom is -0.346 e. The predicted octanol–water partition coefficient (Wildman–Crippen LogP) is 1.36. The number of amides is 2. The molecule has 0 bridgehead atoms. The van der Waals surface area contributed by atoms with E-state index in [1.54, 1.807) is 41.6 Å². The lowest BCUT2D eigenvalue weighted by molar-refractivity contribution is 0.0740. The van der Waals surface area contributed by atoms with Crippen molar-refractivity contribution in [2.45, 2.75) is 26.3 Å². The lowest BCUT2D eigenvalue weighted by atomic mass is 10.1. The molecule has 1 fully saturated rings. The van der Waals surface area contributed by atoms with Crippen LogP contribution in [0.5, 0.6) is 0 Å². The monoisotopic (exact) mass is 368 g/mol. The molecular weight excluding hydrogens is 344 g/mol. The molecule has 142 valence electrons. The molecular formula is C19H24N6O2. The summed E-state index contributed by atoms with van der Waals surface area (Å²) in [5, 5.41) is 2.86. The van der Waals surface area contributed by atoms with Crippen LogP contribution in [-0.2, 0) is 0 Å². The molecule has 0 radical (unpaired) electrons. The van der Waals surface area contributed by atoms with Crippen molar-refractivity contribution in [3.63, 3.8) is 0 Å². The molecule has 1 aliphatic heterocycles. The fourth-order valence-corrected chi connectivity index (χ4v) is 2.81. The minimum absolute atomic E-state index is 0.172. The Labute approximate surface area is 158 Å². The standard InChI is InChI=1S/C19H24N6O2/c1-19(2,3)23-16(26)14-6-4-7-15(22-14)17(27)24-10-12-25(13-11-24)18-20-8-5-9-21-18/h4-9H,10-13H2,1-3H3,(H,23,26). The summed E-state index contributed by atoms with van der Waals surface area (Å²) in [5.41, 5.74) is 0.155. The number of hydrogen-bond donors (Lipinski definition) is 1. The van der Waals surface area contributed by atoms with Crippen molar-refractivity contribution in [3.05, 3.63) is 48.0 Å². The largest absolute Gasteiger partial charge is 0.346 e. The van der Waals surface area contributed by atoms with E-state index in [4.69, 9.17) is 0 Å². The van der Waals surface area contributed by atoms with Crippen molar-refractivity contribution in [1.29, 1.82) is 0 Å². The number of hydrogen-bond acceptors (Lipinski definition) is 6.